The zero-order valence-corrected chi connectivity index (χ0v) is 13.2. The first kappa shape index (κ1) is 14.8. The standard InChI is InChI=1S/C15H22BrNO2/c1-12-10-17(11-13(2)19-12)8-5-9-18-15-7-4-3-6-14(15)16/h3-4,6-7,12-13H,5,8-11H2,1-2H3/t12-,13-/m1/s1. The molecule has 0 radical (unpaired) electrons. The van der Waals surface area contributed by atoms with E-state index < -0.39 is 0 Å². The number of benzene rings is 1. The lowest BCUT2D eigenvalue weighted by atomic mass is 10.2. The van der Waals surface area contributed by atoms with Gasteiger partial charge in [-0.05, 0) is 48.3 Å². The van der Waals surface area contributed by atoms with Crippen molar-refractivity contribution >= 4 is 15.9 Å². The number of nitrogens with zero attached hydrogens (tertiary/aromatic N) is 1. The predicted octanol–water partition coefficient (Wildman–Crippen LogP) is 3.33. The van der Waals surface area contributed by atoms with Gasteiger partial charge in [-0.25, -0.2) is 0 Å². The molecule has 0 unspecified atom stereocenters. The van der Waals surface area contributed by atoms with E-state index in [1.54, 1.807) is 0 Å². The zero-order valence-electron chi connectivity index (χ0n) is 11.6. The topological polar surface area (TPSA) is 21.7 Å². The second-order valence-corrected chi connectivity index (χ2v) is 6.00. The van der Waals surface area contributed by atoms with Gasteiger partial charge in [0.1, 0.15) is 5.75 Å². The van der Waals surface area contributed by atoms with Crippen molar-refractivity contribution in [2.75, 3.05) is 26.2 Å². The summed E-state index contributed by atoms with van der Waals surface area (Å²) in [5, 5.41) is 0. The Balaban J connectivity index is 1.68. The van der Waals surface area contributed by atoms with E-state index in [0.29, 0.717) is 12.2 Å². The largest absolute Gasteiger partial charge is 0.492 e. The quantitative estimate of drug-likeness (QED) is 0.774. The van der Waals surface area contributed by atoms with Gasteiger partial charge >= 0.3 is 0 Å². The van der Waals surface area contributed by atoms with Gasteiger partial charge in [0, 0.05) is 19.6 Å². The molecule has 19 heavy (non-hydrogen) atoms. The van der Waals surface area contributed by atoms with Crippen LogP contribution in [-0.4, -0.2) is 43.3 Å². The summed E-state index contributed by atoms with van der Waals surface area (Å²) in [7, 11) is 0. The SMILES string of the molecule is C[C@@H]1CN(CCCOc2ccccc2Br)C[C@@H](C)O1. The molecular weight excluding hydrogens is 306 g/mol. The van der Waals surface area contributed by atoms with Crippen molar-refractivity contribution in [3.63, 3.8) is 0 Å². The highest BCUT2D eigenvalue weighted by Crippen LogP contribution is 2.23. The lowest BCUT2D eigenvalue weighted by molar-refractivity contribution is -0.0686. The van der Waals surface area contributed by atoms with Crippen LogP contribution in [0.1, 0.15) is 20.3 Å². The van der Waals surface area contributed by atoms with Crippen molar-refractivity contribution < 1.29 is 9.47 Å². The summed E-state index contributed by atoms with van der Waals surface area (Å²) in [6, 6.07) is 7.97. The maximum atomic E-state index is 5.78. The van der Waals surface area contributed by atoms with Crippen LogP contribution in [0.2, 0.25) is 0 Å². The van der Waals surface area contributed by atoms with Crippen molar-refractivity contribution in [1.82, 2.24) is 4.90 Å². The molecule has 0 amide bonds. The normalized spacial score (nSPS) is 24.4. The molecule has 3 nitrogen and oxygen atoms in total. The first-order valence-electron chi connectivity index (χ1n) is 6.90. The fourth-order valence-corrected chi connectivity index (χ4v) is 2.90. The molecule has 1 aliphatic heterocycles. The molecular formula is C15H22BrNO2. The van der Waals surface area contributed by atoms with Crippen LogP contribution in [0.3, 0.4) is 0 Å². The molecule has 0 saturated carbocycles. The highest BCUT2D eigenvalue weighted by atomic mass is 79.9. The maximum absolute atomic E-state index is 5.78. The van der Waals surface area contributed by atoms with Gasteiger partial charge in [0.2, 0.25) is 0 Å². The molecule has 1 saturated heterocycles. The Kier molecular flexibility index (Phi) is 5.67. The summed E-state index contributed by atoms with van der Waals surface area (Å²) in [6.45, 7) is 8.16. The van der Waals surface area contributed by atoms with Gasteiger partial charge in [0.25, 0.3) is 0 Å². The molecule has 106 valence electrons. The van der Waals surface area contributed by atoms with E-state index >= 15 is 0 Å². The van der Waals surface area contributed by atoms with Crippen molar-refractivity contribution in [2.45, 2.75) is 32.5 Å². The molecule has 1 aromatic carbocycles. The van der Waals surface area contributed by atoms with Gasteiger partial charge < -0.3 is 9.47 Å². The van der Waals surface area contributed by atoms with Crippen LogP contribution in [0.4, 0.5) is 0 Å². The number of hydrogen-bond acceptors (Lipinski definition) is 3. The molecule has 0 aliphatic carbocycles. The molecule has 0 spiro atoms. The van der Waals surface area contributed by atoms with Crippen LogP contribution in [0.15, 0.2) is 28.7 Å². The highest BCUT2D eigenvalue weighted by Gasteiger charge is 2.21. The third kappa shape index (κ3) is 4.79. The molecule has 1 fully saturated rings. The van der Waals surface area contributed by atoms with E-state index in [9.17, 15) is 0 Å². The van der Waals surface area contributed by atoms with Crippen LogP contribution < -0.4 is 4.74 Å². The maximum Gasteiger partial charge on any atom is 0.133 e. The first-order valence-corrected chi connectivity index (χ1v) is 7.69. The van der Waals surface area contributed by atoms with Gasteiger partial charge in [-0.3, -0.25) is 4.90 Å². The van der Waals surface area contributed by atoms with Gasteiger partial charge in [-0.1, -0.05) is 12.1 Å². The Morgan fingerprint density at radius 1 is 1.26 bits per heavy atom. The third-order valence-electron chi connectivity index (χ3n) is 3.21. The molecule has 0 aromatic heterocycles. The molecule has 1 aromatic rings. The fourth-order valence-electron chi connectivity index (χ4n) is 2.50. The van der Waals surface area contributed by atoms with E-state index in [1.165, 1.54) is 0 Å². The van der Waals surface area contributed by atoms with E-state index in [-0.39, 0.29) is 0 Å². The van der Waals surface area contributed by atoms with Gasteiger partial charge in [0.05, 0.1) is 23.3 Å². The van der Waals surface area contributed by atoms with Gasteiger partial charge in [0.15, 0.2) is 0 Å². The Hall–Kier alpha value is -0.580. The van der Waals surface area contributed by atoms with Crippen molar-refractivity contribution in [3.8, 4) is 5.75 Å². The zero-order chi connectivity index (χ0) is 13.7. The molecule has 2 atom stereocenters. The monoisotopic (exact) mass is 327 g/mol. The summed E-state index contributed by atoms with van der Waals surface area (Å²) in [5.41, 5.74) is 0. The third-order valence-corrected chi connectivity index (χ3v) is 3.86. The van der Waals surface area contributed by atoms with Crippen LogP contribution >= 0.6 is 15.9 Å². The summed E-state index contributed by atoms with van der Waals surface area (Å²) in [5.74, 6) is 0.922. The number of halogens is 1. The average Bonchev–Trinajstić information content (AvgIpc) is 2.35. The lowest BCUT2D eigenvalue weighted by Crippen LogP contribution is -2.45. The number of ether oxygens (including phenoxy) is 2. The van der Waals surface area contributed by atoms with Crippen molar-refractivity contribution in [3.05, 3.63) is 28.7 Å². The second kappa shape index (κ2) is 7.27. The first-order chi connectivity index (χ1) is 9.15. The smallest absolute Gasteiger partial charge is 0.133 e. The van der Waals surface area contributed by atoms with Crippen LogP contribution in [0, 0.1) is 0 Å². The summed E-state index contributed by atoms with van der Waals surface area (Å²) in [4.78, 5) is 2.46. The van der Waals surface area contributed by atoms with Crippen LogP contribution in [-0.2, 0) is 4.74 Å². The van der Waals surface area contributed by atoms with E-state index in [0.717, 1.165) is 42.9 Å². The Bertz CT molecular complexity index is 389. The summed E-state index contributed by atoms with van der Waals surface area (Å²) < 4.78 is 12.5. The van der Waals surface area contributed by atoms with E-state index in [1.807, 2.05) is 24.3 Å². The Morgan fingerprint density at radius 3 is 2.63 bits per heavy atom. The lowest BCUT2D eigenvalue weighted by Gasteiger charge is -2.35. The molecule has 1 aliphatic rings. The van der Waals surface area contributed by atoms with Gasteiger partial charge in [-0.2, -0.15) is 0 Å². The van der Waals surface area contributed by atoms with E-state index in [2.05, 4.69) is 34.7 Å². The Labute approximate surface area is 124 Å². The predicted molar refractivity (Wildman–Crippen MR) is 80.7 cm³/mol. The molecule has 0 bridgehead atoms. The fraction of sp³-hybridized carbons (Fsp3) is 0.600. The Morgan fingerprint density at radius 2 is 1.95 bits per heavy atom. The average molecular weight is 328 g/mol. The molecule has 0 N–H and O–H groups in total. The minimum atomic E-state index is 0.341. The second-order valence-electron chi connectivity index (χ2n) is 5.15. The van der Waals surface area contributed by atoms with Crippen molar-refractivity contribution in [1.29, 1.82) is 0 Å². The highest BCUT2D eigenvalue weighted by molar-refractivity contribution is 9.10. The number of hydrogen-bond donors (Lipinski definition) is 0. The van der Waals surface area contributed by atoms with Gasteiger partial charge in [-0.15, -0.1) is 0 Å². The minimum Gasteiger partial charge on any atom is -0.492 e. The number of morpholine rings is 1. The van der Waals surface area contributed by atoms with Crippen LogP contribution in [0.5, 0.6) is 5.75 Å². The molecule has 2 rings (SSSR count). The van der Waals surface area contributed by atoms with E-state index in [4.69, 9.17) is 9.47 Å². The number of rotatable bonds is 5. The summed E-state index contributed by atoms with van der Waals surface area (Å²) in [6.07, 6.45) is 1.72. The number of para-hydroxylation sites is 1. The minimum absolute atomic E-state index is 0.341. The molecule has 1 heterocycles. The summed E-state index contributed by atoms with van der Waals surface area (Å²) >= 11 is 3.49. The van der Waals surface area contributed by atoms with Crippen molar-refractivity contribution in [2.24, 2.45) is 0 Å². The molecule has 4 heteroatoms. The van der Waals surface area contributed by atoms with Crippen LogP contribution in [0.25, 0.3) is 0 Å².